The summed E-state index contributed by atoms with van der Waals surface area (Å²) in [6.45, 7) is 0. The molecule has 0 atom stereocenters. The third-order valence-electron chi connectivity index (χ3n) is 2.62. The quantitative estimate of drug-likeness (QED) is 0.676. The van der Waals surface area contributed by atoms with Gasteiger partial charge in [-0.25, -0.2) is 4.39 Å². The van der Waals surface area contributed by atoms with Crippen LogP contribution in [0.5, 0.6) is 0 Å². The van der Waals surface area contributed by atoms with Gasteiger partial charge in [0.2, 0.25) is 0 Å². The van der Waals surface area contributed by atoms with E-state index in [0.29, 0.717) is 20.6 Å². The van der Waals surface area contributed by atoms with E-state index in [-0.39, 0.29) is 17.2 Å². The summed E-state index contributed by atoms with van der Waals surface area (Å²) in [5, 5.41) is 0.518. The van der Waals surface area contributed by atoms with Crippen LogP contribution in [-0.4, -0.2) is 5.78 Å². The lowest BCUT2D eigenvalue weighted by Crippen LogP contribution is -2.04. The molecule has 0 N–H and O–H groups in total. The summed E-state index contributed by atoms with van der Waals surface area (Å²) in [6, 6.07) is 9.32. The van der Waals surface area contributed by atoms with E-state index in [1.807, 2.05) is 0 Å². The van der Waals surface area contributed by atoms with Gasteiger partial charge in [0.1, 0.15) is 5.82 Å². The van der Waals surface area contributed by atoms with Crippen LogP contribution in [0.1, 0.15) is 15.9 Å². The minimum atomic E-state index is -0.524. The highest BCUT2D eigenvalue weighted by Crippen LogP contribution is 2.25. The third-order valence-corrected chi connectivity index (χ3v) is 4.26. The number of benzene rings is 2. The number of Topliss-reactive ketones (excluding diaryl/α,β-unsaturated/α-hetero) is 1. The summed E-state index contributed by atoms with van der Waals surface area (Å²) in [4.78, 5) is 12.1. The smallest absolute Gasteiger partial charge is 0.167 e. The van der Waals surface area contributed by atoms with Crippen molar-refractivity contribution in [3.05, 3.63) is 67.9 Å². The normalized spacial score (nSPS) is 10.5. The molecule has 0 radical (unpaired) electrons. The van der Waals surface area contributed by atoms with Gasteiger partial charge in [-0.05, 0) is 45.8 Å². The summed E-state index contributed by atoms with van der Waals surface area (Å²) in [6.07, 6.45) is 0.0463. The highest BCUT2D eigenvalue weighted by molar-refractivity contribution is 9.10. The molecule has 0 fully saturated rings. The fourth-order valence-electron chi connectivity index (χ4n) is 1.63. The molecule has 0 amide bonds. The van der Waals surface area contributed by atoms with Crippen LogP contribution in [0.2, 0.25) is 10.0 Å². The molecule has 0 saturated carbocycles. The van der Waals surface area contributed by atoms with Gasteiger partial charge in [-0.1, -0.05) is 35.3 Å². The fraction of sp³-hybridized carbons (Fsp3) is 0.0714. The Bertz CT molecular complexity index is 643. The molecule has 5 heteroatoms. The first-order valence-corrected chi connectivity index (χ1v) is 6.95. The molecule has 2 aromatic rings. The molecule has 98 valence electrons. The van der Waals surface area contributed by atoms with Crippen LogP contribution < -0.4 is 0 Å². The molecule has 2 aromatic carbocycles. The standard InChI is InChI=1S/C14H8BrCl2FO/c15-10-6-8(4-5-11(10)16)13(19)7-9-2-1-3-12(18)14(9)17/h1-6H,7H2. The summed E-state index contributed by atoms with van der Waals surface area (Å²) < 4.78 is 13.9. The second-order valence-electron chi connectivity index (χ2n) is 3.94. The second-order valence-corrected chi connectivity index (χ2v) is 5.58. The topological polar surface area (TPSA) is 17.1 Å². The van der Waals surface area contributed by atoms with Crippen molar-refractivity contribution < 1.29 is 9.18 Å². The van der Waals surface area contributed by atoms with Crippen LogP contribution in [0.25, 0.3) is 0 Å². The van der Waals surface area contributed by atoms with E-state index < -0.39 is 5.82 Å². The molecule has 0 bridgehead atoms. The van der Waals surface area contributed by atoms with Gasteiger partial charge < -0.3 is 0 Å². The SMILES string of the molecule is O=C(Cc1cccc(F)c1Cl)c1ccc(Cl)c(Br)c1. The Morgan fingerprint density at radius 3 is 2.63 bits per heavy atom. The zero-order chi connectivity index (χ0) is 14.0. The molecule has 0 aliphatic rings. The number of carbonyl (C=O) groups excluding carboxylic acids is 1. The lowest BCUT2D eigenvalue weighted by atomic mass is 10.0. The van der Waals surface area contributed by atoms with Crippen molar-refractivity contribution in [2.75, 3.05) is 0 Å². The van der Waals surface area contributed by atoms with Crippen molar-refractivity contribution in [1.29, 1.82) is 0 Å². The van der Waals surface area contributed by atoms with Gasteiger partial charge in [-0.3, -0.25) is 4.79 Å². The van der Waals surface area contributed by atoms with Crippen LogP contribution in [-0.2, 0) is 6.42 Å². The predicted octanol–water partition coefficient (Wildman–Crippen LogP) is 5.32. The van der Waals surface area contributed by atoms with Crippen molar-refractivity contribution in [3.8, 4) is 0 Å². The monoisotopic (exact) mass is 360 g/mol. The van der Waals surface area contributed by atoms with Gasteiger partial charge >= 0.3 is 0 Å². The Labute approximate surface area is 128 Å². The largest absolute Gasteiger partial charge is 0.294 e. The molecule has 0 spiro atoms. The maximum atomic E-state index is 13.3. The summed E-state index contributed by atoms with van der Waals surface area (Å²) in [5.41, 5.74) is 0.967. The van der Waals surface area contributed by atoms with Crippen molar-refractivity contribution in [3.63, 3.8) is 0 Å². The van der Waals surface area contributed by atoms with Crippen molar-refractivity contribution in [2.45, 2.75) is 6.42 Å². The number of hydrogen-bond donors (Lipinski definition) is 0. The average molecular weight is 362 g/mol. The van der Waals surface area contributed by atoms with Crippen molar-refractivity contribution in [1.82, 2.24) is 0 Å². The van der Waals surface area contributed by atoms with Crippen LogP contribution >= 0.6 is 39.1 Å². The molecule has 0 heterocycles. The number of rotatable bonds is 3. The molecule has 2 rings (SSSR count). The summed E-state index contributed by atoms with van der Waals surface area (Å²) >= 11 is 14.9. The Morgan fingerprint density at radius 2 is 1.95 bits per heavy atom. The molecule has 0 aliphatic heterocycles. The summed E-state index contributed by atoms with van der Waals surface area (Å²) in [5.74, 6) is -0.672. The first-order chi connectivity index (χ1) is 8.99. The molecular weight excluding hydrogens is 354 g/mol. The Hall–Kier alpha value is -0.900. The number of carbonyl (C=O) groups is 1. The van der Waals surface area contributed by atoms with Gasteiger partial charge in [0.05, 0.1) is 10.0 Å². The van der Waals surface area contributed by atoms with E-state index in [4.69, 9.17) is 23.2 Å². The molecule has 19 heavy (non-hydrogen) atoms. The minimum absolute atomic E-state index is 0.0103. The molecule has 0 aliphatic carbocycles. The molecule has 0 aromatic heterocycles. The maximum Gasteiger partial charge on any atom is 0.167 e. The van der Waals surface area contributed by atoms with Gasteiger partial charge in [0, 0.05) is 16.5 Å². The highest BCUT2D eigenvalue weighted by Gasteiger charge is 2.13. The Morgan fingerprint density at radius 1 is 1.21 bits per heavy atom. The third kappa shape index (κ3) is 3.35. The number of hydrogen-bond acceptors (Lipinski definition) is 1. The lowest BCUT2D eigenvalue weighted by molar-refractivity contribution is 0.0993. The van der Waals surface area contributed by atoms with E-state index in [0.717, 1.165) is 0 Å². The van der Waals surface area contributed by atoms with Gasteiger partial charge in [-0.2, -0.15) is 0 Å². The summed E-state index contributed by atoms with van der Waals surface area (Å²) in [7, 11) is 0. The van der Waals surface area contributed by atoms with E-state index in [1.54, 1.807) is 24.3 Å². The maximum absolute atomic E-state index is 13.3. The minimum Gasteiger partial charge on any atom is -0.294 e. The van der Waals surface area contributed by atoms with E-state index in [2.05, 4.69) is 15.9 Å². The van der Waals surface area contributed by atoms with Crippen molar-refractivity contribution in [2.24, 2.45) is 0 Å². The average Bonchev–Trinajstić information content (AvgIpc) is 2.38. The van der Waals surface area contributed by atoms with Crippen LogP contribution in [0, 0.1) is 5.82 Å². The van der Waals surface area contributed by atoms with Gasteiger partial charge in [0.25, 0.3) is 0 Å². The zero-order valence-electron chi connectivity index (χ0n) is 9.59. The number of halogens is 4. The van der Waals surface area contributed by atoms with Crippen LogP contribution in [0.15, 0.2) is 40.9 Å². The van der Waals surface area contributed by atoms with E-state index in [9.17, 15) is 9.18 Å². The fourth-order valence-corrected chi connectivity index (χ4v) is 2.32. The van der Waals surface area contributed by atoms with Crippen LogP contribution in [0.4, 0.5) is 4.39 Å². The predicted molar refractivity (Wildman–Crippen MR) is 78.6 cm³/mol. The number of ketones is 1. The van der Waals surface area contributed by atoms with Gasteiger partial charge in [0.15, 0.2) is 5.78 Å². The van der Waals surface area contributed by atoms with Crippen molar-refractivity contribution >= 4 is 44.9 Å². The first kappa shape index (κ1) is 14.5. The molecular formula is C14H8BrCl2FO. The molecule has 1 nitrogen and oxygen atoms in total. The second kappa shape index (κ2) is 6.04. The van der Waals surface area contributed by atoms with E-state index >= 15 is 0 Å². The lowest BCUT2D eigenvalue weighted by Gasteiger charge is -2.05. The molecule has 0 saturated heterocycles. The van der Waals surface area contributed by atoms with E-state index in [1.165, 1.54) is 12.1 Å². The molecule has 0 unspecified atom stereocenters. The highest BCUT2D eigenvalue weighted by atomic mass is 79.9. The Balaban J connectivity index is 2.26. The Kier molecular flexibility index (Phi) is 4.61. The van der Waals surface area contributed by atoms with Gasteiger partial charge in [-0.15, -0.1) is 0 Å². The first-order valence-electron chi connectivity index (χ1n) is 5.40. The zero-order valence-corrected chi connectivity index (χ0v) is 12.7. The van der Waals surface area contributed by atoms with Crippen LogP contribution in [0.3, 0.4) is 0 Å².